The molecule has 0 amide bonds. The maximum atomic E-state index is 8.98. The van der Waals surface area contributed by atoms with Gasteiger partial charge in [-0.2, -0.15) is 0 Å². The van der Waals surface area contributed by atoms with Crippen LogP contribution >= 0.6 is 0 Å². The third-order valence-electron chi connectivity index (χ3n) is 1.52. The number of aliphatic hydroxyl groups is 6. The molecule has 88 valence electrons. The molecule has 8 heteroatoms. The first-order chi connectivity index (χ1) is 5.63. The van der Waals surface area contributed by atoms with Gasteiger partial charge in [0.25, 0.3) is 5.97 Å². The van der Waals surface area contributed by atoms with Crippen LogP contribution in [0.25, 0.3) is 0 Å². The van der Waals surface area contributed by atoms with E-state index in [1.165, 1.54) is 0 Å². The molecular weight excluding hydrogens is 218 g/mol. The molecule has 0 radical (unpaired) electrons. The fraction of sp³-hybridized carbons (Fsp3) is 1.00. The lowest BCUT2D eigenvalue weighted by molar-refractivity contribution is -0.636. The van der Waals surface area contributed by atoms with Crippen LogP contribution in [0.4, 0.5) is 0 Å². The van der Waals surface area contributed by atoms with Gasteiger partial charge in [-0.15, -0.1) is 0 Å². The minimum Gasteiger partial charge on any atom is -1.00 e. The Morgan fingerprint density at radius 2 is 1.50 bits per heavy atom. The summed E-state index contributed by atoms with van der Waals surface area (Å²) in [4.78, 5) is 0. The fourth-order valence-corrected chi connectivity index (χ4v) is 0.764. The van der Waals surface area contributed by atoms with Crippen molar-refractivity contribution in [3.05, 3.63) is 0 Å². The first-order valence-electron chi connectivity index (χ1n) is 3.78. The number of aliphatic hydroxyl groups excluding tert-OH is 1. The molecule has 0 heterocycles. The molecule has 0 aliphatic rings. The van der Waals surface area contributed by atoms with Crippen LogP contribution in [0.5, 0.6) is 0 Å². The van der Waals surface area contributed by atoms with Gasteiger partial charge in [0, 0.05) is 6.42 Å². The van der Waals surface area contributed by atoms with Crippen LogP contribution in [-0.2, 0) is 0 Å². The van der Waals surface area contributed by atoms with Crippen molar-refractivity contribution in [1.82, 2.24) is 0 Å². The van der Waals surface area contributed by atoms with E-state index in [4.69, 9.17) is 30.6 Å². The molecule has 9 N–H and O–H groups in total. The van der Waals surface area contributed by atoms with Gasteiger partial charge in [-0.05, 0) is 12.8 Å². The summed E-state index contributed by atoms with van der Waals surface area (Å²) in [6, 6.07) is 0. The van der Waals surface area contributed by atoms with Crippen LogP contribution in [0.1, 0.15) is 19.3 Å². The maximum Gasteiger partial charge on any atom is 0.336 e. The lowest BCUT2D eigenvalue weighted by Crippen LogP contribution is -3.00. The summed E-state index contributed by atoms with van der Waals surface area (Å²) in [5.41, 5.74) is 2.86. The second-order valence-electron chi connectivity index (χ2n) is 3.06. The predicted octanol–water partition coefficient (Wildman–Crippen LogP) is -6.97. The van der Waals surface area contributed by atoms with Crippen LogP contribution < -0.4 is 18.1 Å². The first kappa shape index (κ1) is 16.4. The number of hydrogen-bond acceptors (Lipinski definition) is 6. The Hall–Kier alpha value is 0.01000. The van der Waals surface area contributed by atoms with Crippen molar-refractivity contribution in [3.8, 4) is 0 Å². The topological polar surface area (TPSA) is 149 Å². The molecule has 0 saturated heterocycles. The molecule has 7 nitrogen and oxygen atoms in total. The summed E-state index contributed by atoms with van der Waals surface area (Å²) in [5.74, 6) is -5.24. The molecule has 0 aromatic heterocycles. The van der Waals surface area contributed by atoms with Gasteiger partial charge in [-0.1, -0.05) is 0 Å². The van der Waals surface area contributed by atoms with E-state index < -0.39 is 18.0 Å². The van der Waals surface area contributed by atoms with Gasteiger partial charge in [0.15, 0.2) is 6.10 Å². The number of quaternary nitrogens is 1. The third-order valence-corrected chi connectivity index (χ3v) is 1.52. The van der Waals surface area contributed by atoms with E-state index in [-0.39, 0.29) is 31.7 Å². The molecule has 0 saturated carbocycles. The van der Waals surface area contributed by atoms with Crippen molar-refractivity contribution in [1.29, 1.82) is 0 Å². The molecule has 1 atom stereocenters. The van der Waals surface area contributed by atoms with E-state index in [1.807, 2.05) is 0 Å². The summed E-state index contributed by atoms with van der Waals surface area (Å²) in [7, 11) is 0. The second kappa shape index (κ2) is 5.79. The highest BCUT2D eigenvalue weighted by molar-refractivity contribution is 4.62. The molecule has 0 aliphatic heterocycles. The molecule has 1 unspecified atom stereocenters. The molecule has 0 fully saturated rings. The van der Waals surface area contributed by atoms with E-state index >= 15 is 0 Å². The van der Waals surface area contributed by atoms with Crippen LogP contribution in [0.15, 0.2) is 0 Å². The van der Waals surface area contributed by atoms with Crippen LogP contribution in [-0.4, -0.2) is 48.6 Å². The standard InChI is InChI=1S/C6H15NO6.ClH/c7-6(12,13)4(8)2-1-3-5(9,10)11;/h4,8-13H,1-3,7H2;1H. The zero-order chi connectivity index (χ0) is 10.7. The van der Waals surface area contributed by atoms with Crippen molar-refractivity contribution in [2.45, 2.75) is 37.3 Å². The fourth-order valence-electron chi connectivity index (χ4n) is 0.764. The molecule has 0 aromatic carbocycles. The van der Waals surface area contributed by atoms with Crippen molar-refractivity contribution in [3.63, 3.8) is 0 Å². The Balaban J connectivity index is 0. The Labute approximate surface area is 86.8 Å². The van der Waals surface area contributed by atoms with Gasteiger partial charge < -0.3 is 48.8 Å². The highest BCUT2D eigenvalue weighted by Crippen LogP contribution is 2.11. The first-order valence-corrected chi connectivity index (χ1v) is 3.78. The molecule has 0 aromatic rings. The SMILES string of the molecule is [Cl-].[NH3+]C(O)(O)C(O)CCCC(O)(O)O. The highest BCUT2D eigenvalue weighted by Gasteiger charge is 2.32. The second-order valence-corrected chi connectivity index (χ2v) is 3.06. The van der Waals surface area contributed by atoms with Crippen molar-refractivity contribution in [2.24, 2.45) is 0 Å². The lowest BCUT2D eigenvalue weighted by Gasteiger charge is -2.19. The lowest BCUT2D eigenvalue weighted by atomic mass is 10.1. The minimum atomic E-state index is -2.78. The molecule has 0 aliphatic carbocycles. The smallest absolute Gasteiger partial charge is 0.336 e. The van der Waals surface area contributed by atoms with E-state index in [0.717, 1.165) is 0 Å². The van der Waals surface area contributed by atoms with Gasteiger partial charge in [0.1, 0.15) is 0 Å². The number of halogens is 1. The zero-order valence-electron chi connectivity index (χ0n) is 7.47. The molecule has 14 heavy (non-hydrogen) atoms. The van der Waals surface area contributed by atoms with E-state index in [2.05, 4.69) is 5.73 Å². The summed E-state index contributed by atoms with van der Waals surface area (Å²) < 4.78 is 0. The summed E-state index contributed by atoms with van der Waals surface area (Å²) in [5, 5.41) is 51.7. The van der Waals surface area contributed by atoms with Crippen LogP contribution in [0, 0.1) is 0 Å². The van der Waals surface area contributed by atoms with E-state index in [1.54, 1.807) is 0 Å². The van der Waals surface area contributed by atoms with Gasteiger partial charge in [-0.3, -0.25) is 0 Å². The number of rotatable bonds is 5. The average molecular weight is 234 g/mol. The summed E-state index contributed by atoms with van der Waals surface area (Å²) >= 11 is 0. The minimum absolute atomic E-state index is 0. The predicted molar refractivity (Wildman–Crippen MR) is 39.3 cm³/mol. The summed E-state index contributed by atoms with van der Waals surface area (Å²) in [6.07, 6.45) is -1.97. The average Bonchev–Trinajstić information content (AvgIpc) is 1.82. The summed E-state index contributed by atoms with van der Waals surface area (Å²) in [6.45, 7) is 0. The molecule has 0 bridgehead atoms. The molecule has 0 rings (SSSR count). The maximum absolute atomic E-state index is 8.98. The monoisotopic (exact) mass is 233 g/mol. The van der Waals surface area contributed by atoms with E-state index in [0.29, 0.717) is 0 Å². The normalized spacial score (nSPS) is 14.8. The zero-order valence-corrected chi connectivity index (χ0v) is 8.22. The largest absolute Gasteiger partial charge is 1.00 e. The van der Waals surface area contributed by atoms with E-state index in [9.17, 15) is 0 Å². The third kappa shape index (κ3) is 8.60. The highest BCUT2D eigenvalue weighted by atomic mass is 35.5. The van der Waals surface area contributed by atoms with Gasteiger partial charge in [0.2, 0.25) is 0 Å². The molecule has 0 spiro atoms. The van der Waals surface area contributed by atoms with Crippen LogP contribution in [0.2, 0.25) is 0 Å². The Bertz CT molecular complexity index is 153. The van der Waals surface area contributed by atoms with Gasteiger partial charge in [0.05, 0.1) is 0 Å². The Morgan fingerprint density at radius 3 is 1.79 bits per heavy atom. The van der Waals surface area contributed by atoms with Crippen molar-refractivity contribution in [2.75, 3.05) is 0 Å². The van der Waals surface area contributed by atoms with Crippen molar-refractivity contribution < 1.29 is 48.8 Å². The Kier molecular flexibility index (Phi) is 6.79. The van der Waals surface area contributed by atoms with Gasteiger partial charge in [-0.25, -0.2) is 0 Å². The number of hydrogen-bond donors (Lipinski definition) is 7. The van der Waals surface area contributed by atoms with Crippen LogP contribution in [0.3, 0.4) is 0 Å². The quantitative estimate of drug-likeness (QED) is 0.235. The molecular formula is C6H16ClNO6. The van der Waals surface area contributed by atoms with Crippen molar-refractivity contribution >= 4 is 0 Å². The van der Waals surface area contributed by atoms with Gasteiger partial charge >= 0.3 is 5.91 Å². The Morgan fingerprint density at radius 1 is 1.07 bits per heavy atom.